The first-order valence-electron chi connectivity index (χ1n) is 24.0. The molecule has 17 heteroatoms. The zero-order valence-electron chi connectivity index (χ0n) is 39.5. The molecule has 3 aliphatic heterocycles. The van der Waals surface area contributed by atoms with Gasteiger partial charge in [0.2, 0.25) is 6.29 Å². The van der Waals surface area contributed by atoms with Crippen molar-refractivity contribution in [2.24, 2.45) is 50.2 Å². The van der Waals surface area contributed by atoms with E-state index in [0.717, 1.165) is 52.1 Å². The van der Waals surface area contributed by atoms with Crippen LogP contribution in [0.15, 0.2) is 11.6 Å². The van der Waals surface area contributed by atoms with E-state index < -0.39 is 109 Å². The molecular weight excluding hydrogens is 849 g/mol. The number of ether oxygens (including phenoxy) is 7. The van der Waals surface area contributed by atoms with Gasteiger partial charge in [-0.2, -0.15) is 0 Å². The minimum Gasteiger partial charge on any atom is -0.467 e. The third kappa shape index (κ3) is 7.77. The van der Waals surface area contributed by atoms with Crippen LogP contribution in [-0.2, 0) is 42.7 Å². The third-order valence-corrected chi connectivity index (χ3v) is 19.0. The molecule has 22 atom stereocenters. The Bertz CT molecular complexity index is 1820. The summed E-state index contributed by atoms with van der Waals surface area (Å²) in [7, 11) is 1.16. The zero-order valence-corrected chi connectivity index (χ0v) is 39.5. The van der Waals surface area contributed by atoms with Crippen molar-refractivity contribution in [2.75, 3.05) is 13.7 Å². The first-order valence-corrected chi connectivity index (χ1v) is 24.0. The fourth-order valence-electron chi connectivity index (χ4n) is 14.8. The lowest BCUT2D eigenvalue weighted by Crippen LogP contribution is -2.66. The SMILES string of the molecule is COC(=O)[C@H]1O[C@@H](O[C@H]2CC[C@]3(C)[C@H]4CC=C5[C@@H]6CC(C)(C)CC[C@]6(C(=O)O[C@@H]6OC[C@H](O)[C@H](O)[C@H]6O[C@@H]6O[C@@H](C)[C@H](O)[C@@H](O)[C@H]6O)CC[C@@]5(C)[C@]4(C)CC[C@H]3C2(C)C)[C@H](O)[C@@H](O)[C@@H]1O. The summed E-state index contributed by atoms with van der Waals surface area (Å²) < 4.78 is 40.9. The summed E-state index contributed by atoms with van der Waals surface area (Å²) in [6.07, 6.45) is -11.2. The van der Waals surface area contributed by atoms with Crippen molar-refractivity contribution in [3.8, 4) is 0 Å². The average Bonchev–Trinajstić information content (AvgIpc) is 3.25. The highest BCUT2D eigenvalue weighted by atomic mass is 16.8. The lowest BCUT2D eigenvalue weighted by molar-refractivity contribution is -0.350. The smallest absolute Gasteiger partial charge is 0.337 e. The molecule has 0 aromatic carbocycles. The molecule has 0 unspecified atom stereocenters. The molecule has 3 heterocycles. The lowest BCUT2D eigenvalue weighted by atomic mass is 9.33. The second kappa shape index (κ2) is 17.2. The van der Waals surface area contributed by atoms with E-state index >= 15 is 4.79 Å². The Morgan fingerprint density at radius 1 is 0.692 bits per heavy atom. The number of carbonyl (C=O) groups excluding carboxylic acids is 2. The van der Waals surface area contributed by atoms with Crippen molar-refractivity contribution in [2.45, 2.75) is 212 Å². The number of rotatable bonds is 7. The maximum atomic E-state index is 15.0. The Morgan fingerprint density at radius 2 is 1.34 bits per heavy atom. The number of aliphatic hydroxyl groups is 8. The molecule has 0 amide bonds. The molecule has 3 saturated heterocycles. The van der Waals surface area contributed by atoms with Gasteiger partial charge < -0.3 is 74.0 Å². The van der Waals surface area contributed by atoms with Crippen molar-refractivity contribution in [1.82, 2.24) is 0 Å². The van der Waals surface area contributed by atoms with Crippen LogP contribution < -0.4 is 0 Å². The van der Waals surface area contributed by atoms with Crippen LogP contribution in [0.25, 0.3) is 0 Å². The van der Waals surface area contributed by atoms with Crippen molar-refractivity contribution < 1.29 is 83.6 Å². The van der Waals surface area contributed by atoms with Gasteiger partial charge in [-0.25, -0.2) is 4.79 Å². The van der Waals surface area contributed by atoms with Crippen molar-refractivity contribution in [1.29, 1.82) is 0 Å². The highest BCUT2D eigenvalue weighted by Crippen LogP contribution is 2.76. The Morgan fingerprint density at radius 3 is 2.02 bits per heavy atom. The first kappa shape index (κ1) is 49.6. The highest BCUT2D eigenvalue weighted by Gasteiger charge is 2.70. The second-order valence-electron chi connectivity index (χ2n) is 23.2. The summed E-state index contributed by atoms with van der Waals surface area (Å²) in [5, 5.41) is 85.4. The van der Waals surface area contributed by atoms with E-state index in [1.807, 2.05) is 0 Å². The van der Waals surface area contributed by atoms with Gasteiger partial charge in [-0.3, -0.25) is 4.79 Å². The quantitative estimate of drug-likeness (QED) is 0.103. The Balaban J connectivity index is 1.04. The van der Waals surface area contributed by atoms with E-state index in [9.17, 15) is 45.6 Å². The molecule has 17 nitrogen and oxygen atoms in total. The first-order chi connectivity index (χ1) is 30.3. The minimum absolute atomic E-state index is 0.0677. The molecule has 0 aromatic rings. The second-order valence-corrected chi connectivity index (χ2v) is 23.2. The summed E-state index contributed by atoms with van der Waals surface area (Å²) in [6.45, 7) is 17.3. The largest absolute Gasteiger partial charge is 0.467 e. The van der Waals surface area contributed by atoms with Crippen LogP contribution in [0.2, 0.25) is 0 Å². The van der Waals surface area contributed by atoms with Crippen LogP contribution >= 0.6 is 0 Å². The van der Waals surface area contributed by atoms with Crippen molar-refractivity contribution >= 4 is 11.9 Å². The van der Waals surface area contributed by atoms with Gasteiger partial charge in [0.25, 0.3) is 0 Å². The van der Waals surface area contributed by atoms with Gasteiger partial charge in [-0.05, 0) is 116 Å². The molecule has 8 rings (SSSR count). The van der Waals surface area contributed by atoms with E-state index in [0.29, 0.717) is 19.3 Å². The zero-order chi connectivity index (χ0) is 47.6. The monoisotopic (exact) mass is 925 g/mol. The van der Waals surface area contributed by atoms with Crippen LogP contribution in [0, 0.1) is 50.2 Å². The molecule has 4 saturated carbocycles. The normalized spacial score (nSPS) is 52.7. The van der Waals surface area contributed by atoms with Crippen LogP contribution in [0.1, 0.15) is 120 Å². The topological polar surface area (TPSA) is 261 Å². The van der Waals surface area contributed by atoms with Crippen LogP contribution in [0.3, 0.4) is 0 Å². The summed E-state index contributed by atoms with van der Waals surface area (Å²) in [5.74, 6) is -0.982. The van der Waals surface area contributed by atoms with E-state index in [1.54, 1.807) is 0 Å². The van der Waals surface area contributed by atoms with Gasteiger partial charge in [0, 0.05) is 0 Å². The van der Waals surface area contributed by atoms with Crippen LogP contribution in [0.4, 0.5) is 0 Å². The number of hydrogen-bond acceptors (Lipinski definition) is 17. The number of esters is 2. The number of hydrogen-bond donors (Lipinski definition) is 8. The molecule has 65 heavy (non-hydrogen) atoms. The van der Waals surface area contributed by atoms with E-state index in [-0.39, 0.29) is 52.1 Å². The molecule has 0 aromatic heterocycles. The van der Waals surface area contributed by atoms with Gasteiger partial charge in [-0.1, -0.05) is 60.1 Å². The summed E-state index contributed by atoms with van der Waals surface area (Å²) >= 11 is 0. The number of fused-ring (bicyclic) bond motifs is 7. The lowest BCUT2D eigenvalue weighted by Gasteiger charge is -2.71. The number of methoxy groups -OCH3 is 1. The maximum absolute atomic E-state index is 15.0. The standard InChI is InChI=1S/C48H76O17/c1-22-29(50)31(52)34(55)39(61-22)64-37-30(51)25(49)21-60-41(37)65-42(58)48-18-16-43(2,3)20-24(48)23-10-11-27-45(6)14-13-28(62-40-35(56)32(53)33(54)36(63-40)38(57)59-9)44(4,5)26(45)12-15-47(27,8)46(23,7)17-19-48/h10,22,24-37,39-41,49-56H,11-21H2,1-9H3/t22-,24-,25-,26-,27+,28-,29-,30-,31+,32-,33-,34+,35+,36-,37+,39-,40+,41-,45-,46+,47+,48-/m0/s1. The predicted octanol–water partition coefficient (Wildman–Crippen LogP) is 1.99. The molecular formula is C48H76O17. The maximum Gasteiger partial charge on any atom is 0.337 e. The predicted molar refractivity (Wildman–Crippen MR) is 228 cm³/mol. The molecule has 370 valence electrons. The number of carbonyl (C=O) groups is 2. The third-order valence-electron chi connectivity index (χ3n) is 19.0. The molecule has 8 aliphatic rings. The van der Waals surface area contributed by atoms with Gasteiger partial charge in [0.05, 0.1) is 31.3 Å². The fraction of sp³-hybridized carbons (Fsp3) is 0.917. The van der Waals surface area contributed by atoms with Gasteiger partial charge in [0.1, 0.15) is 48.8 Å². The molecule has 5 aliphatic carbocycles. The number of aliphatic hydroxyl groups excluding tert-OH is 8. The van der Waals surface area contributed by atoms with E-state index in [2.05, 4.69) is 54.5 Å². The average molecular weight is 925 g/mol. The van der Waals surface area contributed by atoms with Crippen LogP contribution in [-0.4, -0.2) is 159 Å². The Kier molecular flexibility index (Phi) is 13.1. The summed E-state index contributed by atoms with van der Waals surface area (Å²) in [6, 6.07) is 0. The molecule has 7 fully saturated rings. The Hall–Kier alpha value is -1.84. The summed E-state index contributed by atoms with van der Waals surface area (Å²) in [4.78, 5) is 27.5. The van der Waals surface area contributed by atoms with Gasteiger partial charge >= 0.3 is 11.9 Å². The molecule has 0 radical (unpaired) electrons. The molecule has 0 bridgehead atoms. The highest BCUT2D eigenvalue weighted by molar-refractivity contribution is 5.79. The van der Waals surface area contributed by atoms with Gasteiger partial charge in [0.15, 0.2) is 24.8 Å². The van der Waals surface area contributed by atoms with Gasteiger partial charge in [-0.15, -0.1) is 0 Å². The van der Waals surface area contributed by atoms with Crippen LogP contribution in [0.5, 0.6) is 0 Å². The summed E-state index contributed by atoms with van der Waals surface area (Å²) in [5.41, 5.74) is -0.595. The number of allylic oxidation sites excluding steroid dienone is 2. The van der Waals surface area contributed by atoms with Crippen molar-refractivity contribution in [3.63, 3.8) is 0 Å². The molecule has 0 spiro atoms. The van der Waals surface area contributed by atoms with E-state index in [1.165, 1.54) is 12.5 Å². The molecule has 8 N–H and O–H groups in total. The Labute approximate surface area is 382 Å². The fourth-order valence-corrected chi connectivity index (χ4v) is 14.8. The van der Waals surface area contributed by atoms with Crippen molar-refractivity contribution in [3.05, 3.63) is 11.6 Å². The van der Waals surface area contributed by atoms with E-state index in [4.69, 9.17) is 33.2 Å². The minimum atomic E-state index is -1.70.